The number of amidine groups is 1. The molecule has 0 saturated carbocycles. The number of rotatable bonds is 1. The molecular weight excluding hydrogens is 234 g/mol. The van der Waals surface area contributed by atoms with E-state index < -0.39 is 0 Å². The SMILES string of the molecule is CC(=O)NC1=NN=C(c2ccc(C)cc2)CS1. The average molecular weight is 247 g/mol. The van der Waals surface area contributed by atoms with E-state index in [0.29, 0.717) is 5.17 Å². The highest BCUT2D eigenvalue weighted by atomic mass is 32.2. The van der Waals surface area contributed by atoms with Gasteiger partial charge in [-0.1, -0.05) is 41.6 Å². The number of hydrogen-bond acceptors (Lipinski definition) is 4. The molecular formula is C12H13N3OS. The summed E-state index contributed by atoms with van der Waals surface area (Å²) in [5.74, 6) is 0.604. The smallest absolute Gasteiger partial charge is 0.222 e. The second-order valence-electron chi connectivity index (χ2n) is 3.79. The van der Waals surface area contributed by atoms with Gasteiger partial charge in [0.05, 0.1) is 5.71 Å². The summed E-state index contributed by atoms with van der Waals surface area (Å²) in [7, 11) is 0. The number of carbonyl (C=O) groups is 1. The first-order valence-electron chi connectivity index (χ1n) is 5.27. The van der Waals surface area contributed by atoms with Gasteiger partial charge in [0, 0.05) is 12.7 Å². The second kappa shape index (κ2) is 5.14. The number of nitrogens with zero attached hydrogens (tertiary/aromatic N) is 2. The Labute approximate surface area is 104 Å². The van der Waals surface area contributed by atoms with Gasteiger partial charge in [0.2, 0.25) is 5.91 Å². The highest BCUT2D eigenvalue weighted by molar-refractivity contribution is 8.14. The number of hydrogen-bond donors (Lipinski definition) is 1. The lowest BCUT2D eigenvalue weighted by molar-refractivity contribution is -0.117. The van der Waals surface area contributed by atoms with Crippen molar-refractivity contribution in [1.82, 2.24) is 5.32 Å². The highest BCUT2D eigenvalue weighted by Gasteiger charge is 2.12. The van der Waals surface area contributed by atoms with E-state index in [1.54, 1.807) is 0 Å². The minimum Gasteiger partial charge on any atom is -0.304 e. The largest absolute Gasteiger partial charge is 0.304 e. The van der Waals surface area contributed by atoms with E-state index >= 15 is 0 Å². The molecule has 1 N–H and O–H groups in total. The van der Waals surface area contributed by atoms with E-state index in [4.69, 9.17) is 0 Å². The van der Waals surface area contributed by atoms with Crippen LogP contribution in [0.5, 0.6) is 0 Å². The Bertz CT molecular complexity index is 491. The standard InChI is InChI=1S/C12H13N3OS/c1-8-3-5-10(6-4-8)11-7-17-12(15-14-11)13-9(2)16/h3-6H,7H2,1-2H3,(H,13,15,16). The molecule has 4 nitrogen and oxygen atoms in total. The van der Waals surface area contributed by atoms with Crippen LogP contribution in [0.15, 0.2) is 34.5 Å². The summed E-state index contributed by atoms with van der Waals surface area (Å²) in [6, 6.07) is 8.17. The number of benzene rings is 1. The Kier molecular flexibility index (Phi) is 3.58. The fraction of sp³-hybridized carbons (Fsp3) is 0.250. The fourth-order valence-electron chi connectivity index (χ4n) is 1.40. The second-order valence-corrected chi connectivity index (χ2v) is 4.75. The molecule has 2 rings (SSSR count). The van der Waals surface area contributed by atoms with Crippen molar-refractivity contribution in [3.63, 3.8) is 0 Å². The first-order valence-corrected chi connectivity index (χ1v) is 6.25. The predicted molar refractivity (Wildman–Crippen MR) is 71.4 cm³/mol. The van der Waals surface area contributed by atoms with Gasteiger partial charge in [-0.3, -0.25) is 4.79 Å². The van der Waals surface area contributed by atoms with Crippen molar-refractivity contribution in [2.24, 2.45) is 10.2 Å². The number of thioether (sulfide) groups is 1. The molecule has 1 aliphatic heterocycles. The maximum Gasteiger partial charge on any atom is 0.222 e. The van der Waals surface area contributed by atoms with E-state index in [2.05, 4.69) is 27.7 Å². The van der Waals surface area contributed by atoms with Crippen LogP contribution < -0.4 is 5.32 Å². The van der Waals surface area contributed by atoms with Crippen molar-refractivity contribution in [3.05, 3.63) is 35.4 Å². The molecule has 0 aromatic heterocycles. The van der Waals surface area contributed by atoms with Crippen LogP contribution in [0.2, 0.25) is 0 Å². The van der Waals surface area contributed by atoms with E-state index in [0.717, 1.165) is 17.0 Å². The van der Waals surface area contributed by atoms with Crippen LogP contribution in [0.3, 0.4) is 0 Å². The third-order valence-corrected chi connectivity index (χ3v) is 3.15. The summed E-state index contributed by atoms with van der Waals surface area (Å²) < 4.78 is 0. The molecule has 0 fully saturated rings. The molecule has 0 saturated heterocycles. The Morgan fingerprint density at radius 2 is 2.00 bits per heavy atom. The average Bonchev–Trinajstić information content (AvgIpc) is 2.30. The summed E-state index contributed by atoms with van der Waals surface area (Å²) in [4.78, 5) is 10.8. The van der Waals surface area contributed by atoms with Crippen molar-refractivity contribution in [2.45, 2.75) is 13.8 Å². The van der Waals surface area contributed by atoms with Crippen LogP contribution >= 0.6 is 11.8 Å². The molecule has 88 valence electrons. The molecule has 1 aliphatic rings. The van der Waals surface area contributed by atoms with Gasteiger partial charge in [0.15, 0.2) is 5.17 Å². The van der Waals surface area contributed by atoms with Crippen LogP contribution in [0.25, 0.3) is 0 Å². The van der Waals surface area contributed by atoms with Crippen LogP contribution in [-0.4, -0.2) is 22.5 Å². The van der Waals surface area contributed by atoms with Gasteiger partial charge in [-0.15, -0.1) is 5.10 Å². The zero-order chi connectivity index (χ0) is 12.3. The van der Waals surface area contributed by atoms with Gasteiger partial charge in [0.1, 0.15) is 0 Å². The van der Waals surface area contributed by atoms with Crippen molar-refractivity contribution in [1.29, 1.82) is 0 Å². The van der Waals surface area contributed by atoms with Crippen LogP contribution in [-0.2, 0) is 4.79 Å². The highest BCUT2D eigenvalue weighted by Crippen LogP contribution is 2.15. The van der Waals surface area contributed by atoms with E-state index in [-0.39, 0.29) is 5.91 Å². The first kappa shape index (κ1) is 11.9. The van der Waals surface area contributed by atoms with Crippen molar-refractivity contribution < 1.29 is 4.79 Å². The topological polar surface area (TPSA) is 53.8 Å². The summed E-state index contributed by atoms with van der Waals surface area (Å²) >= 11 is 1.49. The van der Waals surface area contributed by atoms with Crippen LogP contribution in [0.1, 0.15) is 18.1 Å². The normalized spacial score (nSPS) is 14.9. The molecule has 0 spiro atoms. The molecule has 0 aliphatic carbocycles. The molecule has 0 bridgehead atoms. The van der Waals surface area contributed by atoms with Gasteiger partial charge < -0.3 is 5.32 Å². The maximum atomic E-state index is 10.8. The minimum atomic E-state index is -0.120. The van der Waals surface area contributed by atoms with Gasteiger partial charge in [-0.2, -0.15) is 5.10 Å². The maximum absolute atomic E-state index is 10.8. The van der Waals surface area contributed by atoms with E-state index in [1.165, 1.54) is 24.2 Å². The molecule has 1 aromatic rings. The lowest BCUT2D eigenvalue weighted by atomic mass is 10.1. The first-order chi connectivity index (χ1) is 8.15. The van der Waals surface area contributed by atoms with Crippen molar-refractivity contribution in [2.75, 3.05) is 5.75 Å². The summed E-state index contributed by atoms with van der Waals surface area (Å²) in [6.45, 7) is 3.51. The van der Waals surface area contributed by atoms with Crippen molar-refractivity contribution in [3.8, 4) is 0 Å². The Hall–Kier alpha value is -1.62. The number of carbonyl (C=O) groups excluding carboxylic acids is 1. The summed E-state index contributed by atoms with van der Waals surface area (Å²) in [5.41, 5.74) is 3.23. The van der Waals surface area contributed by atoms with Crippen molar-refractivity contribution >= 4 is 28.5 Å². The third-order valence-electron chi connectivity index (χ3n) is 2.27. The number of amides is 1. The number of aryl methyl sites for hydroxylation is 1. The van der Waals surface area contributed by atoms with E-state index in [9.17, 15) is 4.79 Å². The fourth-order valence-corrected chi connectivity index (χ4v) is 2.21. The molecule has 5 heteroatoms. The third kappa shape index (κ3) is 3.17. The molecule has 0 unspecified atom stereocenters. The Balaban J connectivity index is 2.14. The van der Waals surface area contributed by atoms with Gasteiger partial charge in [-0.25, -0.2) is 0 Å². The van der Waals surface area contributed by atoms with Gasteiger partial charge >= 0.3 is 0 Å². The molecule has 17 heavy (non-hydrogen) atoms. The molecule has 1 aromatic carbocycles. The summed E-state index contributed by atoms with van der Waals surface area (Å²) in [6.07, 6.45) is 0. The van der Waals surface area contributed by atoms with Crippen LogP contribution in [0.4, 0.5) is 0 Å². The predicted octanol–water partition coefficient (Wildman–Crippen LogP) is 1.94. The van der Waals surface area contributed by atoms with Crippen LogP contribution in [0, 0.1) is 6.92 Å². The minimum absolute atomic E-state index is 0.120. The molecule has 0 radical (unpaired) electrons. The Morgan fingerprint density at radius 1 is 1.29 bits per heavy atom. The monoisotopic (exact) mass is 247 g/mol. The summed E-state index contributed by atoms with van der Waals surface area (Å²) in [5, 5.41) is 11.3. The molecule has 0 atom stereocenters. The van der Waals surface area contributed by atoms with E-state index in [1.807, 2.05) is 19.1 Å². The van der Waals surface area contributed by atoms with Gasteiger partial charge in [0.25, 0.3) is 0 Å². The number of nitrogens with one attached hydrogen (secondary N) is 1. The molecule has 1 amide bonds. The Morgan fingerprint density at radius 3 is 2.53 bits per heavy atom. The lowest BCUT2D eigenvalue weighted by Crippen LogP contribution is -2.28. The quantitative estimate of drug-likeness (QED) is 0.824. The lowest BCUT2D eigenvalue weighted by Gasteiger charge is -2.11. The zero-order valence-electron chi connectivity index (χ0n) is 9.73. The zero-order valence-corrected chi connectivity index (χ0v) is 10.5. The van der Waals surface area contributed by atoms with Gasteiger partial charge in [-0.05, 0) is 12.5 Å². The molecule has 1 heterocycles.